The number of unbranched alkanes of at least 4 members (excludes halogenated alkanes) is 25. The van der Waals surface area contributed by atoms with Gasteiger partial charge in [0.25, 0.3) is 0 Å². The lowest BCUT2D eigenvalue weighted by molar-refractivity contribution is -0.167. The lowest BCUT2D eigenvalue weighted by atomic mass is 10.1. The highest BCUT2D eigenvalue weighted by atomic mass is 16.6. The van der Waals surface area contributed by atoms with Crippen LogP contribution in [0.2, 0.25) is 0 Å². The van der Waals surface area contributed by atoms with Crippen molar-refractivity contribution in [2.45, 2.75) is 264 Å². The van der Waals surface area contributed by atoms with Crippen LogP contribution in [0.4, 0.5) is 0 Å². The van der Waals surface area contributed by atoms with Crippen LogP contribution in [0.25, 0.3) is 0 Å². The fourth-order valence-electron chi connectivity index (χ4n) is 7.36. The van der Waals surface area contributed by atoms with E-state index in [4.69, 9.17) is 14.2 Å². The molecule has 368 valence electrons. The van der Waals surface area contributed by atoms with Crippen molar-refractivity contribution in [3.05, 3.63) is 72.9 Å². The monoisotopic (exact) mass is 893 g/mol. The summed E-state index contributed by atoms with van der Waals surface area (Å²) in [6.45, 7) is 6.47. The van der Waals surface area contributed by atoms with E-state index in [9.17, 15) is 14.4 Å². The molecule has 0 heterocycles. The summed E-state index contributed by atoms with van der Waals surface area (Å²) >= 11 is 0. The maximum absolute atomic E-state index is 12.8. The molecule has 0 aliphatic rings. The second kappa shape index (κ2) is 52.5. The highest BCUT2D eigenvalue weighted by Crippen LogP contribution is 2.14. The van der Waals surface area contributed by atoms with E-state index in [1.807, 2.05) is 0 Å². The summed E-state index contributed by atoms with van der Waals surface area (Å²) in [5, 5.41) is 0. The molecular formula is C58H100O6. The summed E-state index contributed by atoms with van der Waals surface area (Å²) in [4.78, 5) is 38.0. The minimum absolute atomic E-state index is 0.0967. The van der Waals surface area contributed by atoms with Crippen LogP contribution >= 0.6 is 0 Å². The SMILES string of the molecule is CC/C=C\C/C=C\C/C=C\C/C=C\CCCCC(=O)O[C@H](COC(=O)CCCCCCC/C=C\CCCCCCC)COC(=O)CCCCCCCCC/C=C\CCCCCCCC. The molecule has 64 heavy (non-hydrogen) atoms. The summed E-state index contributed by atoms with van der Waals surface area (Å²) in [7, 11) is 0. The molecule has 0 spiro atoms. The van der Waals surface area contributed by atoms with E-state index in [-0.39, 0.29) is 37.5 Å². The Kier molecular flexibility index (Phi) is 49.9. The molecule has 0 aromatic rings. The Balaban J connectivity index is 4.45. The van der Waals surface area contributed by atoms with Gasteiger partial charge in [-0.1, -0.05) is 203 Å². The van der Waals surface area contributed by atoms with Gasteiger partial charge in [0.05, 0.1) is 0 Å². The first-order chi connectivity index (χ1) is 31.5. The average Bonchev–Trinajstić information content (AvgIpc) is 3.29. The second-order valence-corrected chi connectivity index (χ2v) is 17.7. The molecule has 0 aromatic carbocycles. The van der Waals surface area contributed by atoms with E-state index < -0.39 is 6.10 Å². The van der Waals surface area contributed by atoms with Gasteiger partial charge >= 0.3 is 17.9 Å². The first-order valence-electron chi connectivity index (χ1n) is 26.9. The molecule has 0 aliphatic heterocycles. The molecule has 0 unspecified atom stereocenters. The van der Waals surface area contributed by atoms with E-state index in [0.717, 1.165) is 83.5 Å². The third-order valence-electron chi connectivity index (χ3n) is 11.4. The minimum Gasteiger partial charge on any atom is -0.462 e. The molecule has 0 bridgehead atoms. The quantitative estimate of drug-likeness (QED) is 0.0262. The van der Waals surface area contributed by atoms with Crippen LogP contribution in [0, 0.1) is 0 Å². The Labute approximate surface area is 395 Å². The predicted octanol–water partition coefficient (Wildman–Crippen LogP) is 17.8. The van der Waals surface area contributed by atoms with Crippen LogP contribution in [0.3, 0.4) is 0 Å². The van der Waals surface area contributed by atoms with Crippen LogP contribution in [0.1, 0.15) is 258 Å². The number of esters is 3. The minimum atomic E-state index is -0.801. The van der Waals surface area contributed by atoms with Crippen LogP contribution < -0.4 is 0 Å². The summed E-state index contributed by atoms with van der Waals surface area (Å²) in [6.07, 6.45) is 66.0. The van der Waals surface area contributed by atoms with Crippen molar-refractivity contribution < 1.29 is 28.6 Å². The Hall–Kier alpha value is -3.15. The zero-order valence-corrected chi connectivity index (χ0v) is 42.0. The molecule has 0 N–H and O–H groups in total. The molecule has 6 heteroatoms. The number of carbonyl (C=O) groups is 3. The third kappa shape index (κ3) is 49.9. The van der Waals surface area contributed by atoms with Gasteiger partial charge in [0, 0.05) is 19.3 Å². The van der Waals surface area contributed by atoms with Gasteiger partial charge in [-0.3, -0.25) is 14.4 Å². The molecule has 0 aliphatic carbocycles. The van der Waals surface area contributed by atoms with E-state index in [1.165, 1.54) is 128 Å². The Morgan fingerprint density at radius 1 is 0.328 bits per heavy atom. The van der Waals surface area contributed by atoms with Crippen LogP contribution in [-0.2, 0) is 28.6 Å². The van der Waals surface area contributed by atoms with Crippen molar-refractivity contribution >= 4 is 17.9 Å². The van der Waals surface area contributed by atoms with Gasteiger partial charge in [-0.2, -0.15) is 0 Å². The molecule has 0 fully saturated rings. The molecular weight excluding hydrogens is 793 g/mol. The van der Waals surface area contributed by atoms with E-state index in [0.29, 0.717) is 19.3 Å². The number of hydrogen-bond acceptors (Lipinski definition) is 6. The molecule has 0 amide bonds. The van der Waals surface area contributed by atoms with Gasteiger partial charge < -0.3 is 14.2 Å². The second-order valence-electron chi connectivity index (χ2n) is 17.7. The lowest BCUT2D eigenvalue weighted by Crippen LogP contribution is -2.30. The van der Waals surface area contributed by atoms with Gasteiger partial charge in [0.15, 0.2) is 6.10 Å². The van der Waals surface area contributed by atoms with Crippen molar-refractivity contribution in [3.8, 4) is 0 Å². The lowest BCUT2D eigenvalue weighted by Gasteiger charge is -2.18. The van der Waals surface area contributed by atoms with Crippen molar-refractivity contribution in [1.29, 1.82) is 0 Å². The van der Waals surface area contributed by atoms with Crippen LogP contribution in [-0.4, -0.2) is 37.2 Å². The van der Waals surface area contributed by atoms with E-state index in [2.05, 4.69) is 93.7 Å². The number of hydrogen-bond donors (Lipinski definition) is 0. The largest absolute Gasteiger partial charge is 0.462 e. The van der Waals surface area contributed by atoms with Crippen molar-refractivity contribution in [2.24, 2.45) is 0 Å². The number of rotatable bonds is 48. The topological polar surface area (TPSA) is 78.9 Å². The first kappa shape index (κ1) is 60.9. The smallest absolute Gasteiger partial charge is 0.306 e. The zero-order chi connectivity index (χ0) is 46.5. The molecule has 0 rings (SSSR count). The van der Waals surface area contributed by atoms with E-state index >= 15 is 0 Å². The predicted molar refractivity (Wildman–Crippen MR) is 274 cm³/mol. The number of ether oxygens (including phenoxy) is 3. The molecule has 6 nitrogen and oxygen atoms in total. The molecule has 0 aromatic heterocycles. The maximum atomic E-state index is 12.8. The maximum Gasteiger partial charge on any atom is 0.306 e. The number of carbonyl (C=O) groups excluding carboxylic acids is 3. The van der Waals surface area contributed by atoms with Gasteiger partial charge in [-0.25, -0.2) is 0 Å². The molecule has 0 saturated heterocycles. The Morgan fingerprint density at radius 2 is 0.609 bits per heavy atom. The van der Waals surface area contributed by atoms with Crippen LogP contribution in [0.5, 0.6) is 0 Å². The fraction of sp³-hybridized carbons (Fsp3) is 0.741. The van der Waals surface area contributed by atoms with Gasteiger partial charge in [0.2, 0.25) is 0 Å². The van der Waals surface area contributed by atoms with Crippen molar-refractivity contribution in [3.63, 3.8) is 0 Å². The highest BCUT2D eigenvalue weighted by molar-refractivity contribution is 5.71. The normalized spacial score (nSPS) is 12.6. The third-order valence-corrected chi connectivity index (χ3v) is 11.4. The zero-order valence-electron chi connectivity index (χ0n) is 42.0. The Bertz CT molecular complexity index is 1210. The summed E-state index contributed by atoms with van der Waals surface area (Å²) < 4.78 is 16.8. The Morgan fingerprint density at radius 3 is 1.00 bits per heavy atom. The van der Waals surface area contributed by atoms with Crippen LogP contribution in [0.15, 0.2) is 72.9 Å². The van der Waals surface area contributed by atoms with E-state index in [1.54, 1.807) is 0 Å². The van der Waals surface area contributed by atoms with Gasteiger partial charge in [-0.05, 0) is 109 Å². The first-order valence-corrected chi connectivity index (χ1v) is 26.9. The molecule has 0 saturated carbocycles. The van der Waals surface area contributed by atoms with Gasteiger partial charge in [-0.15, -0.1) is 0 Å². The summed E-state index contributed by atoms with van der Waals surface area (Å²) in [6, 6.07) is 0. The van der Waals surface area contributed by atoms with Gasteiger partial charge in [0.1, 0.15) is 13.2 Å². The summed E-state index contributed by atoms with van der Waals surface area (Å²) in [5.74, 6) is -0.948. The van der Waals surface area contributed by atoms with Crippen molar-refractivity contribution in [1.82, 2.24) is 0 Å². The fourth-order valence-corrected chi connectivity index (χ4v) is 7.36. The highest BCUT2D eigenvalue weighted by Gasteiger charge is 2.19. The average molecular weight is 893 g/mol. The molecule has 1 atom stereocenters. The standard InChI is InChI=1S/C58H100O6/c1-4-7-10-13-16-19-22-25-28-29-31-33-36-39-42-45-48-51-57(60)63-54-55(53-62-56(59)50-47-44-41-38-35-32-27-24-21-18-15-12-9-6-3)64-58(61)52-49-46-43-40-37-34-30-26-23-20-17-14-11-8-5-2/h8,11,17,20,24-28,30,37,40,55H,4-7,9-10,12-16,18-19,21-23,29,31-36,38-39,41-54H2,1-3H3/b11-8-,20-17-,27-24-,28-25-,30-26-,40-37-/t55-/m1/s1. The molecule has 0 radical (unpaired) electrons. The van der Waals surface area contributed by atoms with Crippen molar-refractivity contribution in [2.75, 3.05) is 13.2 Å². The summed E-state index contributed by atoms with van der Waals surface area (Å²) in [5.41, 5.74) is 0. The number of allylic oxidation sites excluding steroid dienone is 12.